The van der Waals surface area contributed by atoms with Crippen LogP contribution in [0, 0.1) is 5.92 Å². The summed E-state index contributed by atoms with van der Waals surface area (Å²) in [5, 5.41) is 2.92. The van der Waals surface area contributed by atoms with E-state index in [2.05, 4.69) is 29.6 Å². The van der Waals surface area contributed by atoms with Crippen LogP contribution in [0.1, 0.15) is 43.4 Å². The van der Waals surface area contributed by atoms with E-state index >= 15 is 0 Å². The van der Waals surface area contributed by atoms with Crippen LogP contribution in [0.2, 0.25) is 0 Å². The first kappa shape index (κ1) is 19.2. The van der Waals surface area contributed by atoms with Crippen LogP contribution in [0.15, 0.2) is 60.7 Å². The van der Waals surface area contributed by atoms with E-state index in [9.17, 15) is 9.59 Å². The molecule has 27 heavy (non-hydrogen) atoms. The van der Waals surface area contributed by atoms with Gasteiger partial charge in [0.25, 0.3) is 0 Å². The Morgan fingerprint density at radius 3 is 2.19 bits per heavy atom. The lowest BCUT2D eigenvalue weighted by Crippen LogP contribution is -2.41. The van der Waals surface area contributed by atoms with E-state index in [1.165, 1.54) is 12.5 Å². The van der Waals surface area contributed by atoms with Crippen molar-refractivity contribution in [1.82, 2.24) is 10.2 Å². The summed E-state index contributed by atoms with van der Waals surface area (Å²) in [5.74, 6) is 0.644. The average Bonchev–Trinajstić information content (AvgIpc) is 2.69. The number of carbonyl (C=O) groups excluding carboxylic acids is 2. The first-order valence-corrected chi connectivity index (χ1v) is 9.75. The fourth-order valence-electron chi connectivity index (χ4n) is 3.82. The minimum Gasteiger partial charge on any atom is -0.349 e. The van der Waals surface area contributed by atoms with Gasteiger partial charge in [-0.15, -0.1) is 0 Å². The van der Waals surface area contributed by atoms with Gasteiger partial charge in [0.05, 0.1) is 12.5 Å². The molecule has 1 saturated heterocycles. The van der Waals surface area contributed by atoms with Crippen LogP contribution in [0.25, 0.3) is 0 Å². The molecule has 2 aromatic rings. The summed E-state index contributed by atoms with van der Waals surface area (Å²) in [7, 11) is 0. The molecule has 2 aromatic carbocycles. The van der Waals surface area contributed by atoms with Gasteiger partial charge in [-0.3, -0.25) is 9.59 Å². The summed E-state index contributed by atoms with van der Waals surface area (Å²) in [5.41, 5.74) is 2.34. The minimum atomic E-state index is -0.266. The first-order chi connectivity index (χ1) is 13.1. The lowest BCUT2D eigenvalue weighted by atomic mass is 9.90. The van der Waals surface area contributed by atoms with Crippen molar-refractivity contribution in [3.05, 3.63) is 71.8 Å². The van der Waals surface area contributed by atoms with E-state index in [4.69, 9.17) is 0 Å². The minimum absolute atomic E-state index is 0.113. The Bertz CT molecular complexity index is 737. The number of nitrogens with one attached hydrogen (secondary N) is 1. The number of likely N-dealkylation sites (tertiary alicyclic amines) is 1. The van der Waals surface area contributed by atoms with Crippen molar-refractivity contribution >= 4 is 11.8 Å². The maximum Gasteiger partial charge on any atom is 0.224 e. The summed E-state index contributed by atoms with van der Waals surface area (Å²) in [6.07, 6.45) is 3.47. The van der Waals surface area contributed by atoms with Crippen LogP contribution in [-0.4, -0.2) is 29.8 Å². The van der Waals surface area contributed by atoms with Gasteiger partial charge in [-0.05, 0) is 36.3 Å². The molecule has 1 N–H and O–H groups in total. The van der Waals surface area contributed by atoms with Crippen LogP contribution in [0.5, 0.6) is 0 Å². The Morgan fingerprint density at radius 1 is 1.00 bits per heavy atom. The number of hydrogen-bond acceptors (Lipinski definition) is 2. The molecular weight excluding hydrogens is 336 g/mol. The van der Waals surface area contributed by atoms with Crippen LogP contribution < -0.4 is 5.32 Å². The van der Waals surface area contributed by atoms with Gasteiger partial charge in [0, 0.05) is 20.0 Å². The summed E-state index contributed by atoms with van der Waals surface area (Å²) in [6, 6.07) is 20.0. The second-order valence-corrected chi connectivity index (χ2v) is 7.38. The Balaban J connectivity index is 1.54. The molecule has 1 heterocycles. The molecule has 1 atom stereocenters. The third-order valence-electron chi connectivity index (χ3n) is 5.29. The predicted octanol–water partition coefficient (Wildman–Crippen LogP) is 3.74. The van der Waals surface area contributed by atoms with Gasteiger partial charge in [-0.1, -0.05) is 60.7 Å². The summed E-state index contributed by atoms with van der Waals surface area (Å²) < 4.78 is 0. The highest BCUT2D eigenvalue weighted by molar-refractivity contribution is 5.79. The summed E-state index contributed by atoms with van der Waals surface area (Å²) >= 11 is 0. The zero-order chi connectivity index (χ0) is 19.1. The molecule has 0 unspecified atom stereocenters. The van der Waals surface area contributed by atoms with Crippen LogP contribution in [0.4, 0.5) is 0 Å². The van der Waals surface area contributed by atoms with Gasteiger partial charge in [-0.2, -0.15) is 0 Å². The maximum absolute atomic E-state index is 12.8. The van der Waals surface area contributed by atoms with Crippen LogP contribution in [-0.2, 0) is 16.0 Å². The number of carbonyl (C=O) groups is 2. The molecule has 2 amide bonds. The lowest BCUT2D eigenvalue weighted by molar-refractivity contribution is -0.133. The smallest absolute Gasteiger partial charge is 0.224 e. The third kappa shape index (κ3) is 5.68. The molecule has 1 aliphatic heterocycles. The van der Waals surface area contributed by atoms with E-state index in [1.54, 1.807) is 0 Å². The number of rotatable bonds is 6. The molecule has 142 valence electrons. The number of hydrogen-bond donors (Lipinski definition) is 1. The predicted molar refractivity (Wildman–Crippen MR) is 107 cm³/mol. The highest BCUT2D eigenvalue weighted by Crippen LogP contribution is 2.24. The second kappa shape index (κ2) is 9.36. The fourth-order valence-corrected chi connectivity index (χ4v) is 3.82. The molecule has 0 aromatic heterocycles. The molecule has 0 aliphatic carbocycles. The molecular formula is C23H28N2O2. The van der Waals surface area contributed by atoms with Gasteiger partial charge in [0.15, 0.2) is 0 Å². The maximum atomic E-state index is 12.8. The van der Waals surface area contributed by atoms with Gasteiger partial charge in [0.1, 0.15) is 0 Å². The summed E-state index contributed by atoms with van der Waals surface area (Å²) in [6.45, 7) is 3.10. The highest BCUT2D eigenvalue weighted by atomic mass is 16.2. The fraction of sp³-hybridized carbons (Fsp3) is 0.391. The highest BCUT2D eigenvalue weighted by Gasteiger charge is 2.25. The van der Waals surface area contributed by atoms with E-state index in [-0.39, 0.29) is 17.9 Å². The van der Waals surface area contributed by atoms with Crippen molar-refractivity contribution in [3.8, 4) is 0 Å². The monoisotopic (exact) mass is 364 g/mol. The lowest BCUT2D eigenvalue weighted by Gasteiger charge is -2.33. The molecule has 4 heteroatoms. The Kier molecular flexibility index (Phi) is 6.64. The Labute approximate surface area is 161 Å². The van der Waals surface area contributed by atoms with Crippen LogP contribution in [0.3, 0.4) is 0 Å². The van der Waals surface area contributed by atoms with Gasteiger partial charge in [0.2, 0.25) is 11.8 Å². The van der Waals surface area contributed by atoms with E-state index in [1.807, 2.05) is 41.3 Å². The molecule has 3 rings (SSSR count). The number of amides is 2. The quantitative estimate of drug-likeness (QED) is 0.849. The molecule has 1 aliphatic rings. The molecule has 0 saturated carbocycles. The number of benzene rings is 2. The molecule has 0 spiro atoms. The van der Waals surface area contributed by atoms with Crippen molar-refractivity contribution in [1.29, 1.82) is 0 Å². The van der Waals surface area contributed by atoms with E-state index < -0.39 is 0 Å². The van der Waals surface area contributed by atoms with Crippen molar-refractivity contribution in [3.63, 3.8) is 0 Å². The van der Waals surface area contributed by atoms with Gasteiger partial charge < -0.3 is 10.2 Å². The van der Waals surface area contributed by atoms with Gasteiger partial charge >= 0.3 is 0 Å². The van der Waals surface area contributed by atoms with E-state index in [0.717, 1.165) is 37.9 Å². The number of nitrogens with zero attached hydrogens (tertiary/aromatic N) is 1. The van der Waals surface area contributed by atoms with Crippen molar-refractivity contribution < 1.29 is 9.59 Å². The van der Waals surface area contributed by atoms with E-state index in [0.29, 0.717) is 12.3 Å². The normalized spacial score (nSPS) is 16.0. The van der Waals surface area contributed by atoms with Crippen LogP contribution >= 0.6 is 0 Å². The standard InChI is InChI=1S/C23H28N2O2/c1-18(26)24-22(21-10-6-3-7-11-21)17-23(27)25-14-12-20(13-15-25)16-19-8-4-2-5-9-19/h2-11,20,22H,12-17H2,1H3,(H,24,26)/t22-/m1/s1. The largest absolute Gasteiger partial charge is 0.349 e. The average molecular weight is 364 g/mol. The third-order valence-corrected chi connectivity index (χ3v) is 5.29. The molecule has 0 radical (unpaired) electrons. The van der Waals surface area contributed by atoms with Crippen molar-refractivity contribution in [2.75, 3.05) is 13.1 Å². The van der Waals surface area contributed by atoms with Crippen molar-refractivity contribution in [2.45, 2.75) is 38.6 Å². The van der Waals surface area contributed by atoms with Crippen molar-refractivity contribution in [2.24, 2.45) is 5.92 Å². The zero-order valence-corrected chi connectivity index (χ0v) is 15.9. The van der Waals surface area contributed by atoms with Gasteiger partial charge in [-0.25, -0.2) is 0 Å². The first-order valence-electron chi connectivity index (χ1n) is 9.75. The zero-order valence-electron chi connectivity index (χ0n) is 15.9. The second-order valence-electron chi connectivity index (χ2n) is 7.38. The summed E-state index contributed by atoms with van der Waals surface area (Å²) in [4.78, 5) is 26.3. The topological polar surface area (TPSA) is 49.4 Å². The molecule has 0 bridgehead atoms. The Morgan fingerprint density at radius 2 is 1.59 bits per heavy atom. The number of piperidine rings is 1. The Hall–Kier alpha value is -2.62. The molecule has 4 nitrogen and oxygen atoms in total. The molecule has 1 fully saturated rings. The SMILES string of the molecule is CC(=O)N[C@H](CC(=O)N1CCC(Cc2ccccc2)CC1)c1ccccc1.